The highest BCUT2D eigenvalue weighted by atomic mass is 35.5. The van der Waals surface area contributed by atoms with E-state index in [9.17, 15) is 17.6 Å². The zero-order valence-electron chi connectivity index (χ0n) is 22.6. The molecule has 4 aromatic carbocycles. The van der Waals surface area contributed by atoms with E-state index in [1.165, 1.54) is 51.7 Å². The Labute approximate surface area is 252 Å². The van der Waals surface area contributed by atoms with E-state index >= 15 is 0 Å². The van der Waals surface area contributed by atoms with E-state index in [0.29, 0.717) is 17.2 Å². The third-order valence-electron chi connectivity index (χ3n) is 5.93. The fraction of sp³-hybridized carbons (Fsp3) is 0.138. The first kappa shape index (κ1) is 30.8. The molecule has 0 aliphatic rings. The Morgan fingerprint density at radius 2 is 1.45 bits per heavy atom. The van der Waals surface area contributed by atoms with E-state index in [-0.39, 0.29) is 37.8 Å². The molecule has 0 heterocycles. The molecule has 0 fully saturated rings. The van der Waals surface area contributed by atoms with Crippen LogP contribution in [0.3, 0.4) is 0 Å². The molecule has 1 amide bonds. The van der Waals surface area contributed by atoms with Crippen LogP contribution in [0.2, 0.25) is 10.0 Å². The van der Waals surface area contributed by atoms with Crippen LogP contribution in [0.4, 0.5) is 15.8 Å². The number of ether oxygens (including phenoxy) is 4. The molecule has 220 valence electrons. The van der Waals surface area contributed by atoms with Crippen molar-refractivity contribution in [2.75, 3.05) is 37.5 Å². The van der Waals surface area contributed by atoms with Crippen molar-refractivity contribution in [1.29, 1.82) is 0 Å². The monoisotopic (exact) mass is 634 g/mol. The van der Waals surface area contributed by atoms with Crippen molar-refractivity contribution < 1.29 is 36.6 Å². The Kier molecular flexibility index (Phi) is 9.66. The van der Waals surface area contributed by atoms with Gasteiger partial charge in [-0.15, -0.1) is 0 Å². The van der Waals surface area contributed by atoms with Gasteiger partial charge in [-0.3, -0.25) is 9.10 Å². The highest BCUT2D eigenvalue weighted by Gasteiger charge is 2.29. The average molecular weight is 635 g/mol. The van der Waals surface area contributed by atoms with Gasteiger partial charge in [0.15, 0.2) is 28.7 Å². The lowest BCUT2D eigenvalue weighted by molar-refractivity contribution is -0.114. The fourth-order valence-electron chi connectivity index (χ4n) is 3.89. The number of carbonyl (C=O) groups excluding carboxylic acids is 1. The summed E-state index contributed by atoms with van der Waals surface area (Å²) in [5.41, 5.74) is 0.113. The SMILES string of the molecule is COc1ccc(S(=O)(=O)N(CC(=O)Nc2cc(Cl)ccc2Oc2ccccc2OC)c2ccc(F)c(Cl)c2)cc1OC. The van der Waals surface area contributed by atoms with Crippen LogP contribution >= 0.6 is 23.2 Å². The number of sulfonamides is 1. The lowest BCUT2D eigenvalue weighted by Gasteiger charge is -2.25. The molecule has 4 rings (SSSR count). The third kappa shape index (κ3) is 6.81. The van der Waals surface area contributed by atoms with Gasteiger partial charge in [0.05, 0.1) is 42.6 Å². The van der Waals surface area contributed by atoms with E-state index < -0.39 is 28.3 Å². The molecule has 9 nitrogen and oxygen atoms in total. The minimum atomic E-state index is -4.42. The summed E-state index contributed by atoms with van der Waals surface area (Å²) in [6, 6.07) is 18.7. The van der Waals surface area contributed by atoms with Crippen LogP contribution in [0.15, 0.2) is 83.8 Å². The Balaban J connectivity index is 1.70. The molecule has 0 atom stereocenters. The van der Waals surface area contributed by atoms with Gasteiger partial charge >= 0.3 is 0 Å². The molecule has 0 radical (unpaired) electrons. The van der Waals surface area contributed by atoms with Gasteiger partial charge in [0.1, 0.15) is 12.4 Å². The summed E-state index contributed by atoms with van der Waals surface area (Å²) in [6.45, 7) is -0.723. The largest absolute Gasteiger partial charge is 0.493 e. The highest BCUT2D eigenvalue weighted by Crippen LogP contribution is 2.37. The summed E-state index contributed by atoms with van der Waals surface area (Å²) < 4.78 is 64.3. The summed E-state index contributed by atoms with van der Waals surface area (Å²) in [7, 11) is -0.171. The first-order valence-electron chi connectivity index (χ1n) is 12.2. The predicted molar refractivity (Wildman–Crippen MR) is 159 cm³/mol. The molecule has 42 heavy (non-hydrogen) atoms. The molecular formula is C29H25Cl2FN2O7S. The van der Waals surface area contributed by atoms with E-state index in [4.69, 9.17) is 42.1 Å². The lowest BCUT2D eigenvalue weighted by Crippen LogP contribution is -2.38. The Morgan fingerprint density at radius 3 is 2.12 bits per heavy atom. The number of carbonyl (C=O) groups is 1. The zero-order chi connectivity index (χ0) is 30.4. The van der Waals surface area contributed by atoms with Crippen LogP contribution in [-0.2, 0) is 14.8 Å². The van der Waals surface area contributed by atoms with Gasteiger partial charge in [-0.2, -0.15) is 0 Å². The van der Waals surface area contributed by atoms with Gasteiger partial charge in [-0.25, -0.2) is 12.8 Å². The quantitative estimate of drug-likeness (QED) is 0.194. The van der Waals surface area contributed by atoms with Crippen molar-refractivity contribution in [1.82, 2.24) is 0 Å². The lowest BCUT2D eigenvalue weighted by atomic mass is 10.2. The topological polar surface area (TPSA) is 103 Å². The standard InChI is InChI=1S/C29H25Cl2FN2O7S/c1-38-25-6-4-5-7-27(25)41-24-12-8-18(30)14-23(24)33-29(35)17-34(19-9-11-22(32)21(31)15-19)42(36,37)20-10-13-26(39-2)28(16-20)40-3/h4-16H,17H2,1-3H3,(H,33,35). The van der Waals surface area contributed by atoms with E-state index in [1.807, 2.05) is 0 Å². The van der Waals surface area contributed by atoms with Gasteiger partial charge in [0, 0.05) is 11.1 Å². The number of hydrogen-bond donors (Lipinski definition) is 1. The molecule has 0 saturated carbocycles. The molecule has 0 spiro atoms. The first-order valence-corrected chi connectivity index (χ1v) is 14.4. The maximum Gasteiger partial charge on any atom is 0.264 e. The highest BCUT2D eigenvalue weighted by molar-refractivity contribution is 7.92. The summed E-state index contributed by atoms with van der Waals surface area (Å²) in [4.78, 5) is 13.2. The number of nitrogens with zero attached hydrogens (tertiary/aromatic N) is 1. The predicted octanol–water partition coefficient (Wildman–Crippen LogP) is 6.78. The van der Waals surface area contributed by atoms with Crippen LogP contribution in [0.5, 0.6) is 28.7 Å². The number of nitrogens with one attached hydrogen (secondary N) is 1. The van der Waals surface area contributed by atoms with E-state index in [0.717, 1.165) is 16.4 Å². The maximum absolute atomic E-state index is 14.0. The van der Waals surface area contributed by atoms with Crippen molar-refractivity contribution in [2.45, 2.75) is 4.90 Å². The minimum Gasteiger partial charge on any atom is -0.493 e. The van der Waals surface area contributed by atoms with Gasteiger partial charge in [-0.05, 0) is 60.7 Å². The van der Waals surface area contributed by atoms with Gasteiger partial charge in [0.25, 0.3) is 10.0 Å². The summed E-state index contributed by atoms with van der Waals surface area (Å²) in [5.74, 6) is -0.0266. The number of rotatable bonds is 11. The number of halogens is 3. The van der Waals surface area contributed by atoms with Crippen molar-refractivity contribution in [3.8, 4) is 28.7 Å². The van der Waals surface area contributed by atoms with Crippen LogP contribution in [0.25, 0.3) is 0 Å². The summed E-state index contributed by atoms with van der Waals surface area (Å²) in [5, 5.41) is 2.61. The van der Waals surface area contributed by atoms with Crippen molar-refractivity contribution >= 4 is 50.5 Å². The van der Waals surface area contributed by atoms with Crippen LogP contribution in [0.1, 0.15) is 0 Å². The average Bonchev–Trinajstić information content (AvgIpc) is 2.98. The number of amides is 1. The number of para-hydroxylation sites is 2. The minimum absolute atomic E-state index is 0.0528. The van der Waals surface area contributed by atoms with E-state index in [1.54, 1.807) is 36.4 Å². The molecule has 0 aromatic heterocycles. The molecule has 0 saturated heterocycles. The van der Waals surface area contributed by atoms with Crippen molar-refractivity contribution in [3.63, 3.8) is 0 Å². The molecule has 13 heteroatoms. The second kappa shape index (κ2) is 13.2. The Hall–Kier alpha value is -4.19. The van der Waals surface area contributed by atoms with Gasteiger partial charge < -0.3 is 24.3 Å². The molecule has 4 aromatic rings. The van der Waals surface area contributed by atoms with Gasteiger partial charge in [-0.1, -0.05) is 35.3 Å². The number of hydrogen-bond acceptors (Lipinski definition) is 7. The van der Waals surface area contributed by atoms with Crippen LogP contribution in [0, 0.1) is 5.82 Å². The molecule has 1 N–H and O–H groups in total. The molecule has 0 bridgehead atoms. The number of methoxy groups -OCH3 is 3. The van der Waals surface area contributed by atoms with Crippen LogP contribution < -0.4 is 28.6 Å². The number of benzene rings is 4. The van der Waals surface area contributed by atoms with Crippen molar-refractivity contribution in [3.05, 3.63) is 94.7 Å². The van der Waals surface area contributed by atoms with Gasteiger partial charge in [0.2, 0.25) is 5.91 Å². The van der Waals surface area contributed by atoms with Crippen molar-refractivity contribution in [2.24, 2.45) is 0 Å². The first-order chi connectivity index (χ1) is 20.1. The molecule has 0 unspecified atom stereocenters. The zero-order valence-corrected chi connectivity index (χ0v) is 24.9. The normalized spacial score (nSPS) is 11.0. The second-order valence-electron chi connectivity index (χ2n) is 8.57. The fourth-order valence-corrected chi connectivity index (χ4v) is 5.67. The summed E-state index contributed by atoms with van der Waals surface area (Å²) >= 11 is 12.2. The van der Waals surface area contributed by atoms with E-state index in [2.05, 4.69) is 5.32 Å². The summed E-state index contributed by atoms with van der Waals surface area (Å²) in [6.07, 6.45) is 0. The maximum atomic E-state index is 14.0. The Bertz CT molecular complexity index is 1720. The smallest absolute Gasteiger partial charge is 0.264 e. The Morgan fingerprint density at radius 1 is 0.810 bits per heavy atom. The second-order valence-corrected chi connectivity index (χ2v) is 11.3. The molecular weight excluding hydrogens is 610 g/mol. The molecule has 0 aliphatic carbocycles. The molecule has 0 aliphatic heterocycles. The number of anilines is 2. The third-order valence-corrected chi connectivity index (χ3v) is 8.22. The van der Waals surface area contributed by atoms with Crippen LogP contribution in [-0.4, -0.2) is 42.2 Å².